The Morgan fingerprint density at radius 2 is 2.06 bits per heavy atom. The van der Waals surface area contributed by atoms with E-state index in [-0.39, 0.29) is 0 Å². The first-order valence-corrected chi connectivity index (χ1v) is 6.34. The number of pyridine rings is 1. The average Bonchev–Trinajstić information content (AvgIpc) is 3.11. The lowest BCUT2D eigenvalue weighted by Crippen LogP contribution is -2.18. The number of nitrogens with zero attached hydrogens (tertiary/aromatic N) is 1. The molecule has 1 fully saturated rings. The molecule has 0 amide bonds. The number of fused-ring (bicyclic) bond motifs is 1. The molecule has 1 heterocycles. The summed E-state index contributed by atoms with van der Waals surface area (Å²) in [5.41, 5.74) is 8.21. The van der Waals surface area contributed by atoms with Crippen LogP contribution < -0.4 is 5.73 Å². The molecule has 0 atom stereocenters. The summed E-state index contributed by atoms with van der Waals surface area (Å²) in [7, 11) is 0. The molecule has 0 saturated heterocycles. The first-order chi connectivity index (χ1) is 8.22. The monoisotopic (exact) mass is 246 g/mol. The third-order valence-electron chi connectivity index (χ3n) is 3.71. The summed E-state index contributed by atoms with van der Waals surface area (Å²) in [5.74, 6) is 0. The maximum atomic E-state index is 6.24. The summed E-state index contributed by atoms with van der Waals surface area (Å²) < 4.78 is 0. The second-order valence-electron chi connectivity index (χ2n) is 5.01. The van der Waals surface area contributed by atoms with Crippen LogP contribution in [0.4, 0.5) is 0 Å². The molecule has 1 aliphatic carbocycles. The van der Waals surface area contributed by atoms with E-state index >= 15 is 0 Å². The van der Waals surface area contributed by atoms with Gasteiger partial charge < -0.3 is 5.73 Å². The van der Waals surface area contributed by atoms with Gasteiger partial charge in [0.05, 0.1) is 5.52 Å². The molecule has 0 spiro atoms. The van der Waals surface area contributed by atoms with Gasteiger partial charge in [-0.15, -0.1) is 0 Å². The maximum absolute atomic E-state index is 6.24. The molecule has 3 rings (SSSR count). The molecule has 0 unspecified atom stereocenters. The molecule has 88 valence electrons. The van der Waals surface area contributed by atoms with Crippen LogP contribution in [0.3, 0.4) is 0 Å². The minimum absolute atomic E-state index is 0.299. The van der Waals surface area contributed by atoms with Crippen molar-refractivity contribution in [2.45, 2.75) is 19.3 Å². The zero-order chi connectivity index (χ0) is 11.9. The number of rotatable bonds is 3. The molecule has 2 aromatic rings. The molecule has 1 saturated carbocycles. The van der Waals surface area contributed by atoms with Crippen molar-refractivity contribution in [2.75, 3.05) is 6.54 Å². The molecule has 1 aromatic carbocycles. The molecule has 0 radical (unpaired) electrons. The highest BCUT2D eigenvalue weighted by Gasteiger charge is 2.41. The minimum Gasteiger partial charge on any atom is -0.330 e. The standard InChI is InChI=1S/C14H15ClN2/c15-13-11(8-14(9-16)5-6-14)7-10-3-1-2-4-12(10)17-13/h1-4,7H,5-6,8-9,16H2. The fraction of sp³-hybridized carbons (Fsp3) is 0.357. The van der Waals surface area contributed by atoms with Crippen LogP contribution in [-0.4, -0.2) is 11.5 Å². The Morgan fingerprint density at radius 1 is 1.29 bits per heavy atom. The van der Waals surface area contributed by atoms with Crippen LogP contribution >= 0.6 is 11.6 Å². The van der Waals surface area contributed by atoms with Gasteiger partial charge in [0.1, 0.15) is 5.15 Å². The Hall–Kier alpha value is -1.12. The van der Waals surface area contributed by atoms with Crippen LogP contribution in [0.2, 0.25) is 5.15 Å². The highest BCUT2D eigenvalue weighted by atomic mass is 35.5. The Morgan fingerprint density at radius 3 is 2.76 bits per heavy atom. The molecule has 0 bridgehead atoms. The van der Waals surface area contributed by atoms with Crippen LogP contribution in [0.25, 0.3) is 10.9 Å². The van der Waals surface area contributed by atoms with E-state index in [0.29, 0.717) is 10.6 Å². The molecule has 3 heteroatoms. The molecular weight excluding hydrogens is 232 g/mol. The summed E-state index contributed by atoms with van der Waals surface area (Å²) in [6.07, 6.45) is 3.39. The van der Waals surface area contributed by atoms with E-state index in [0.717, 1.165) is 29.4 Å². The summed E-state index contributed by atoms with van der Waals surface area (Å²) in [6, 6.07) is 10.2. The number of aromatic nitrogens is 1. The Labute approximate surface area is 106 Å². The second-order valence-corrected chi connectivity index (χ2v) is 5.37. The average molecular weight is 247 g/mol. The van der Waals surface area contributed by atoms with Crippen molar-refractivity contribution in [3.05, 3.63) is 41.0 Å². The van der Waals surface area contributed by atoms with E-state index in [9.17, 15) is 0 Å². The van der Waals surface area contributed by atoms with Crippen LogP contribution in [0.5, 0.6) is 0 Å². The van der Waals surface area contributed by atoms with Gasteiger partial charge in [-0.3, -0.25) is 0 Å². The largest absolute Gasteiger partial charge is 0.330 e. The van der Waals surface area contributed by atoms with Gasteiger partial charge >= 0.3 is 0 Å². The summed E-state index contributed by atoms with van der Waals surface area (Å²) in [4.78, 5) is 4.45. The van der Waals surface area contributed by atoms with Crippen LogP contribution in [0, 0.1) is 5.41 Å². The van der Waals surface area contributed by atoms with Crippen molar-refractivity contribution in [1.29, 1.82) is 0 Å². The Kier molecular flexibility index (Phi) is 2.57. The third kappa shape index (κ3) is 2.03. The lowest BCUT2D eigenvalue weighted by atomic mass is 9.97. The summed E-state index contributed by atoms with van der Waals surface area (Å²) in [5, 5.41) is 1.78. The van der Waals surface area contributed by atoms with Crippen molar-refractivity contribution >= 4 is 22.5 Å². The topological polar surface area (TPSA) is 38.9 Å². The summed E-state index contributed by atoms with van der Waals surface area (Å²) in [6.45, 7) is 0.746. The predicted molar refractivity (Wildman–Crippen MR) is 71.2 cm³/mol. The molecule has 2 N–H and O–H groups in total. The number of para-hydroxylation sites is 1. The SMILES string of the molecule is NCC1(Cc2cc3ccccc3nc2Cl)CC1. The lowest BCUT2D eigenvalue weighted by Gasteiger charge is -2.13. The molecule has 2 nitrogen and oxygen atoms in total. The van der Waals surface area contributed by atoms with Crippen molar-refractivity contribution in [1.82, 2.24) is 4.98 Å². The predicted octanol–water partition coefficient (Wildman–Crippen LogP) is 3.17. The quantitative estimate of drug-likeness (QED) is 0.845. The van der Waals surface area contributed by atoms with Gasteiger partial charge in [0.25, 0.3) is 0 Å². The van der Waals surface area contributed by atoms with Gasteiger partial charge in [0.15, 0.2) is 0 Å². The van der Waals surface area contributed by atoms with E-state index in [1.165, 1.54) is 12.8 Å². The van der Waals surface area contributed by atoms with Crippen molar-refractivity contribution in [3.8, 4) is 0 Å². The number of hydrogen-bond donors (Lipinski definition) is 1. The number of benzene rings is 1. The van der Waals surface area contributed by atoms with Crippen LogP contribution in [0.15, 0.2) is 30.3 Å². The lowest BCUT2D eigenvalue weighted by molar-refractivity contribution is 0.521. The Balaban J connectivity index is 2.01. The first kappa shape index (κ1) is 11.0. The van der Waals surface area contributed by atoms with E-state index in [2.05, 4.69) is 17.1 Å². The van der Waals surface area contributed by atoms with E-state index in [1.54, 1.807) is 0 Å². The number of nitrogens with two attached hydrogens (primary N) is 1. The maximum Gasteiger partial charge on any atom is 0.132 e. The number of halogens is 1. The van der Waals surface area contributed by atoms with Crippen molar-refractivity contribution < 1.29 is 0 Å². The molecule has 17 heavy (non-hydrogen) atoms. The zero-order valence-electron chi connectivity index (χ0n) is 9.62. The molecular formula is C14H15ClN2. The van der Waals surface area contributed by atoms with E-state index in [4.69, 9.17) is 17.3 Å². The van der Waals surface area contributed by atoms with Crippen molar-refractivity contribution in [3.63, 3.8) is 0 Å². The van der Waals surface area contributed by atoms with Crippen molar-refractivity contribution in [2.24, 2.45) is 11.1 Å². The van der Waals surface area contributed by atoms with Gasteiger partial charge in [0.2, 0.25) is 0 Å². The zero-order valence-corrected chi connectivity index (χ0v) is 10.4. The fourth-order valence-electron chi connectivity index (χ4n) is 2.29. The molecule has 0 aliphatic heterocycles. The smallest absolute Gasteiger partial charge is 0.132 e. The minimum atomic E-state index is 0.299. The normalized spacial score (nSPS) is 17.3. The van der Waals surface area contributed by atoms with Gasteiger partial charge in [0, 0.05) is 5.39 Å². The Bertz CT molecular complexity index is 561. The second kappa shape index (κ2) is 3.97. The highest BCUT2D eigenvalue weighted by Crippen LogP contribution is 2.48. The third-order valence-corrected chi connectivity index (χ3v) is 4.03. The highest BCUT2D eigenvalue weighted by molar-refractivity contribution is 6.30. The molecule has 1 aromatic heterocycles. The number of hydrogen-bond acceptors (Lipinski definition) is 2. The van der Waals surface area contributed by atoms with E-state index in [1.807, 2.05) is 18.2 Å². The van der Waals surface area contributed by atoms with Gasteiger partial charge in [-0.25, -0.2) is 4.98 Å². The van der Waals surface area contributed by atoms with Gasteiger partial charge in [-0.05, 0) is 48.9 Å². The first-order valence-electron chi connectivity index (χ1n) is 5.97. The molecule has 1 aliphatic rings. The van der Waals surface area contributed by atoms with Gasteiger partial charge in [-0.2, -0.15) is 0 Å². The fourth-order valence-corrected chi connectivity index (χ4v) is 2.51. The van der Waals surface area contributed by atoms with E-state index < -0.39 is 0 Å². The van der Waals surface area contributed by atoms with Gasteiger partial charge in [-0.1, -0.05) is 29.8 Å². The summed E-state index contributed by atoms with van der Waals surface area (Å²) >= 11 is 6.24. The van der Waals surface area contributed by atoms with Crippen LogP contribution in [0.1, 0.15) is 18.4 Å². The van der Waals surface area contributed by atoms with Crippen LogP contribution in [-0.2, 0) is 6.42 Å².